The average molecular weight is 363 g/mol. The number of ketones is 1. The van der Waals surface area contributed by atoms with Crippen LogP contribution in [0.2, 0.25) is 0 Å². The van der Waals surface area contributed by atoms with Crippen molar-refractivity contribution < 1.29 is 27.5 Å². The number of benzene rings is 2. The van der Waals surface area contributed by atoms with Gasteiger partial charge in [-0.3, -0.25) is 9.59 Å². The first-order valence-electron chi connectivity index (χ1n) is 7.18. The van der Waals surface area contributed by atoms with Crippen LogP contribution in [0.25, 0.3) is 0 Å². The van der Waals surface area contributed by atoms with Gasteiger partial charge in [0.15, 0.2) is 5.78 Å². The van der Waals surface area contributed by atoms with E-state index in [1.54, 1.807) is 6.07 Å². The molecule has 0 heterocycles. The van der Waals surface area contributed by atoms with Crippen LogP contribution in [0.3, 0.4) is 0 Å². The molecular formula is C17H17NO6S. The Morgan fingerprint density at radius 2 is 1.40 bits per heavy atom. The third-order valence-corrected chi connectivity index (χ3v) is 4.76. The molecule has 0 spiro atoms. The van der Waals surface area contributed by atoms with Crippen LogP contribution < -0.4 is 14.2 Å². The lowest BCUT2D eigenvalue weighted by Gasteiger charge is -2.10. The van der Waals surface area contributed by atoms with E-state index in [2.05, 4.69) is 0 Å². The molecule has 0 aliphatic rings. The fourth-order valence-electron chi connectivity index (χ4n) is 2.05. The van der Waals surface area contributed by atoms with Gasteiger partial charge in [0.1, 0.15) is 11.5 Å². The Morgan fingerprint density at radius 1 is 0.880 bits per heavy atom. The molecule has 1 N–H and O–H groups in total. The molecule has 2 rings (SSSR count). The van der Waals surface area contributed by atoms with Gasteiger partial charge >= 0.3 is 0 Å². The first-order valence-corrected chi connectivity index (χ1v) is 8.66. The zero-order valence-electron chi connectivity index (χ0n) is 13.9. The van der Waals surface area contributed by atoms with E-state index in [1.807, 2.05) is 4.72 Å². The number of sulfonamides is 1. The summed E-state index contributed by atoms with van der Waals surface area (Å²) >= 11 is 0. The molecule has 0 atom stereocenters. The molecular weight excluding hydrogens is 346 g/mol. The lowest BCUT2D eigenvalue weighted by atomic mass is 10.2. The van der Waals surface area contributed by atoms with E-state index in [0.717, 1.165) is 0 Å². The van der Waals surface area contributed by atoms with Crippen molar-refractivity contribution in [1.29, 1.82) is 0 Å². The van der Waals surface area contributed by atoms with Crippen LogP contribution in [0.15, 0.2) is 47.4 Å². The van der Waals surface area contributed by atoms with Gasteiger partial charge < -0.3 is 9.47 Å². The third kappa shape index (κ3) is 4.36. The number of carbonyl (C=O) groups excluding carboxylic acids is 2. The highest BCUT2D eigenvalue weighted by atomic mass is 32.2. The molecule has 0 aromatic heterocycles. The summed E-state index contributed by atoms with van der Waals surface area (Å²) in [5.74, 6) is -0.301. The molecule has 0 radical (unpaired) electrons. The van der Waals surface area contributed by atoms with Gasteiger partial charge in [-0.05, 0) is 31.2 Å². The summed E-state index contributed by atoms with van der Waals surface area (Å²) in [4.78, 5) is 23.4. The quantitative estimate of drug-likeness (QED) is 0.789. The molecule has 2 aromatic rings. The van der Waals surface area contributed by atoms with Gasteiger partial charge in [-0.1, -0.05) is 12.1 Å². The molecule has 0 saturated carbocycles. The number of hydrogen-bond donors (Lipinski definition) is 1. The molecule has 0 bridgehead atoms. The molecule has 0 fully saturated rings. The van der Waals surface area contributed by atoms with Crippen LogP contribution in [0, 0.1) is 0 Å². The Labute approximate surface area is 145 Å². The highest BCUT2D eigenvalue weighted by Gasteiger charge is 2.20. The van der Waals surface area contributed by atoms with Crippen LogP contribution in [-0.2, 0) is 10.0 Å². The minimum atomic E-state index is -4.08. The van der Waals surface area contributed by atoms with Crippen LogP contribution >= 0.6 is 0 Å². The second-order valence-electron chi connectivity index (χ2n) is 5.12. The Bertz CT molecular complexity index is 881. The predicted octanol–water partition coefficient (Wildman–Crippen LogP) is 2.03. The van der Waals surface area contributed by atoms with Gasteiger partial charge in [0.2, 0.25) is 0 Å². The maximum atomic E-state index is 12.3. The number of ether oxygens (including phenoxy) is 2. The van der Waals surface area contributed by atoms with Crippen LogP contribution in [-0.4, -0.2) is 34.3 Å². The van der Waals surface area contributed by atoms with E-state index in [9.17, 15) is 18.0 Å². The summed E-state index contributed by atoms with van der Waals surface area (Å²) in [6, 6.07) is 9.65. The normalized spacial score (nSPS) is 10.8. The second kappa shape index (κ2) is 7.35. The molecule has 0 aliphatic heterocycles. The second-order valence-corrected chi connectivity index (χ2v) is 6.80. The summed E-state index contributed by atoms with van der Waals surface area (Å²) in [5.41, 5.74) is 0.447. The van der Waals surface area contributed by atoms with Crippen molar-refractivity contribution in [3.63, 3.8) is 0 Å². The van der Waals surface area contributed by atoms with Crippen molar-refractivity contribution in [2.24, 2.45) is 0 Å². The van der Waals surface area contributed by atoms with Crippen LogP contribution in [0.5, 0.6) is 11.5 Å². The molecule has 132 valence electrons. The summed E-state index contributed by atoms with van der Waals surface area (Å²) < 4.78 is 36.7. The number of nitrogens with one attached hydrogen (secondary N) is 1. The van der Waals surface area contributed by atoms with E-state index in [1.165, 1.54) is 57.5 Å². The van der Waals surface area contributed by atoms with E-state index in [0.29, 0.717) is 17.1 Å². The standard InChI is InChI=1S/C17H17NO6S/c1-11(19)12-4-6-16(7-5-12)25(21,22)18-17(20)13-8-14(23-2)10-15(9-13)24-3/h4-10H,1-3H3,(H,18,20). The minimum Gasteiger partial charge on any atom is -0.497 e. The van der Waals surface area contributed by atoms with Crippen molar-refractivity contribution in [3.8, 4) is 11.5 Å². The van der Waals surface area contributed by atoms with Crippen LogP contribution in [0.1, 0.15) is 27.6 Å². The third-order valence-electron chi connectivity index (χ3n) is 3.41. The van der Waals surface area contributed by atoms with Gasteiger partial charge in [-0.25, -0.2) is 13.1 Å². The van der Waals surface area contributed by atoms with E-state index >= 15 is 0 Å². The lowest BCUT2D eigenvalue weighted by Crippen LogP contribution is -2.30. The lowest BCUT2D eigenvalue weighted by molar-refractivity contribution is 0.0978. The van der Waals surface area contributed by atoms with E-state index < -0.39 is 15.9 Å². The summed E-state index contributed by atoms with van der Waals surface area (Å²) in [6.45, 7) is 1.38. The van der Waals surface area contributed by atoms with E-state index in [-0.39, 0.29) is 16.2 Å². The maximum absolute atomic E-state index is 12.3. The molecule has 1 amide bonds. The number of hydrogen-bond acceptors (Lipinski definition) is 6. The number of rotatable bonds is 6. The predicted molar refractivity (Wildman–Crippen MR) is 90.6 cm³/mol. The first kappa shape index (κ1) is 18.5. The fourth-order valence-corrected chi connectivity index (χ4v) is 3.02. The summed E-state index contributed by atoms with van der Waals surface area (Å²) in [6.07, 6.45) is 0. The van der Waals surface area contributed by atoms with Gasteiger partial charge in [-0.2, -0.15) is 0 Å². The van der Waals surface area contributed by atoms with Gasteiger partial charge in [0, 0.05) is 17.2 Å². The number of amides is 1. The zero-order valence-corrected chi connectivity index (χ0v) is 14.7. The fraction of sp³-hybridized carbons (Fsp3) is 0.176. The Hall–Kier alpha value is -2.87. The zero-order chi connectivity index (χ0) is 18.6. The Balaban J connectivity index is 2.28. The molecule has 0 aliphatic carbocycles. The smallest absolute Gasteiger partial charge is 0.265 e. The molecule has 7 nitrogen and oxygen atoms in total. The van der Waals surface area contributed by atoms with Crippen molar-refractivity contribution in [3.05, 3.63) is 53.6 Å². The highest BCUT2D eigenvalue weighted by Crippen LogP contribution is 2.23. The molecule has 25 heavy (non-hydrogen) atoms. The highest BCUT2D eigenvalue weighted by molar-refractivity contribution is 7.90. The average Bonchev–Trinajstić information content (AvgIpc) is 2.60. The monoisotopic (exact) mass is 363 g/mol. The molecule has 0 unspecified atom stereocenters. The number of carbonyl (C=O) groups is 2. The Morgan fingerprint density at radius 3 is 1.84 bits per heavy atom. The van der Waals surface area contributed by atoms with Crippen molar-refractivity contribution in [1.82, 2.24) is 4.72 Å². The molecule has 8 heteroatoms. The number of methoxy groups -OCH3 is 2. The summed E-state index contributed by atoms with van der Waals surface area (Å²) in [7, 11) is -1.24. The first-order chi connectivity index (χ1) is 11.8. The van der Waals surface area contributed by atoms with Crippen molar-refractivity contribution in [2.75, 3.05) is 14.2 Å². The minimum absolute atomic E-state index is 0.0696. The summed E-state index contributed by atoms with van der Waals surface area (Å²) in [5, 5.41) is 0. The van der Waals surface area contributed by atoms with E-state index in [4.69, 9.17) is 9.47 Å². The van der Waals surface area contributed by atoms with Crippen molar-refractivity contribution >= 4 is 21.7 Å². The largest absolute Gasteiger partial charge is 0.497 e. The topological polar surface area (TPSA) is 98.8 Å². The molecule has 0 saturated heterocycles. The maximum Gasteiger partial charge on any atom is 0.265 e. The Kier molecular flexibility index (Phi) is 5.43. The van der Waals surface area contributed by atoms with Gasteiger partial charge in [0.05, 0.1) is 19.1 Å². The SMILES string of the molecule is COc1cc(OC)cc(C(=O)NS(=O)(=O)c2ccc(C(C)=O)cc2)c1. The van der Waals surface area contributed by atoms with Crippen LogP contribution in [0.4, 0.5) is 0 Å². The molecule has 2 aromatic carbocycles. The van der Waals surface area contributed by atoms with Gasteiger partial charge in [0.25, 0.3) is 15.9 Å². The number of Topliss-reactive ketones (excluding diaryl/α,β-unsaturated/α-hetero) is 1. The van der Waals surface area contributed by atoms with Gasteiger partial charge in [-0.15, -0.1) is 0 Å². The van der Waals surface area contributed by atoms with Crippen molar-refractivity contribution in [2.45, 2.75) is 11.8 Å².